The summed E-state index contributed by atoms with van der Waals surface area (Å²) < 4.78 is 65.7. The van der Waals surface area contributed by atoms with Crippen LogP contribution in [0.3, 0.4) is 0 Å². The molecule has 4 spiro atoms. The van der Waals surface area contributed by atoms with E-state index in [9.17, 15) is 58.5 Å². The zero-order valence-corrected chi connectivity index (χ0v) is 43.1. The molecule has 0 bridgehead atoms. The van der Waals surface area contributed by atoms with Crippen LogP contribution in [0, 0.1) is 0 Å². The van der Waals surface area contributed by atoms with Crippen molar-refractivity contribution in [3.05, 3.63) is 142 Å². The number of ether oxygens (including phenoxy) is 12. The van der Waals surface area contributed by atoms with Crippen LogP contribution in [0.25, 0.3) is 0 Å². The average Bonchev–Trinajstić information content (AvgIpc) is 3.37. The van der Waals surface area contributed by atoms with E-state index in [0.29, 0.717) is 25.7 Å². The van der Waals surface area contributed by atoms with Gasteiger partial charge in [-0.2, -0.15) is 0 Å². The predicted molar refractivity (Wildman–Crippen MR) is 261 cm³/mol. The molecule has 3 saturated heterocycles. The molecular formula is C55H54O24. The summed E-state index contributed by atoms with van der Waals surface area (Å²) in [5.74, 6) is -20.1. The molecule has 1 unspecified atom stereocenters. The van der Waals surface area contributed by atoms with E-state index < -0.39 is 117 Å². The number of rotatable bonds is 13. The number of hydrogen-bond acceptors (Lipinski definition) is 24. The van der Waals surface area contributed by atoms with Gasteiger partial charge >= 0.3 is 53.7 Å². The van der Waals surface area contributed by atoms with Crippen molar-refractivity contribution in [2.75, 3.05) is 0 Å². The lowest BCUT2D eigenvalue weighted by Gasteiger charge is -2.46. The molecule has 3 N–H and O–H groups in total. The molecule has 418 valence electrons. The van der Waals surface area contributed by atoms with E-state index in [-0.39, 0.29) is 73.7 Å². The minimum atomic E-state index is -1.73. The van der Waals surface area contributed by atoms with Gasteiger partial charge in [0.05, 0.1) is 0 Å². The van der Waals surface area contributed by atoms with Crippen LogP contribution in [0.4, 0.5) is 0 Å². The minimum absolute atomic E-state index is 0.159. The van der Waals surface area contributed by atoms with E-state index >= 15 is 0 Å². The first-order valence-corrected chi connectivity index (χ1v) is 25.1. The first kappa shape index (κ1) is 56.1. The van der Waals surface area contributed by atoms with E-state index in [1.54, 1.807) is 0 Å². The summed E-state index contributed by atoms with van der Waals surface area (Å²) in [4.78, 5) is 115. The Kier molecular flexibility index (Phi) is 15.7. The van der Waals surface area contributed by atoms with Gasteiger partial charge in [-0.05, 0) is 49.3 Å². The summed E-state index contributed by atoms with van der Waals surface area (Å²) in [6.07, 6.45) is 19.4. The lowest BCUT2D eigenvalue weighted by molar-refractivity contribution is -0.297. The van der Waals surface area contributed by atoms with Gasteiger partial charge in [0.2, 0.25) is 0 Å². The number of esters is 9. The third kappa shape index (κ3) is 12.2. The number of carbonyl (C=O) groups is 9. The smallest absolute Gasteiger partial charge is 0.348 e. The number of allylic oxidation sites excluding steroid dienone is 12. The number of carbonyl (C=O) groups excluding carboxylic acids is 9. The maximum Gasteiger partial charge on any atom is 0.348 e. The SMILES string of the molecule is CCCC1(C)OC(=O)C(=CC=CC=CC2=C(O)OC3(CCC4(CC3)OC(=O)C(=C/C=C/C=C/C3=C(O)OC5(CCC6(CC5)OC(=O)C(=C/C=C/C=C/C5=C(O)OC(C)(CCC)OC5=O)C(=O)O6)OC3=O)C(=O)O4)OC2=O)C(=O)O1. The lowest BCUT2D eigenvalue weighted by Crippen LogP contribution is -2.54. The summed E-state index contributed by atoms with van der Waals surface area (Å²) in [6.45, 7) is 6.72. The van der Waals surface area contributed by atoms with Crippen molar-refractivity contribution < 1.29 is 115 Å². The molecule has 8 aliphatic rings. The molecule has 5 fully saturated rings. The molecule has 8 rings (SSSR count). The van der Waals surface area contributed by atoms with E-state index in [0.717, 1.165) is 18.2 Å². The van der Waals surface area contributed by atoms with E-state index in [4.69, 9.17) is 56.8 Å². The quantitative estimate of drug-likeness (QED) is 0.0590. The Morgan fingerprint density at radius 3 is 0.861 bits per heavy atom. The van der Waals surface area contributed by atoms with Crippen LogP contribution in [0.2, 0.25) is 0 Å². The number of hydrogen-bond donors (Lipinski definition) is 3. The third-order valence-electron chi connectivity index (χ3n) is 13.3. The summed E-state index contributed by atoms with van der Waals surface area (Å²) in [5, 5.41) is 31.7. The zero-order valence-electron chi connectivity index (χ0n) is 43.1. The van der Waals surface area contributed by atoms with Crippen molar-refractivity contribution in [3.63, 3.8) is 0 Å². The van der Waals surface area contributed by atoms with Crippen LogP contribution >= 0.6 is 0 Å². The van der Waals surface area contributed by atoms with Crippen LogP contribution in [-0.4, -0.2) is 104 Å². The van der Waals surface area contributed by atoms with Gasteiger partial charge in [0.1, 0.15) is 33.4 Å². The van der Waals surface area contributed by atoms with Gasteiger partial charge in [-0.15, -0.1) is 0 Å². The standard InChI is InChI=1S/C55H54O24/c1-5-22-50(3)68-38(56)32(39(57)69-50)16-10-7-12-18-34-42(60)72-52(73-43(34)61)24-28-54(29-25-52)76-46(64)36(47(65)77-54)20-14-9-15-21-37-48(66)78-55(79-49(37)67)30-26-53(27-31-55)74-44(62)35(45(63)75-53)19-13-8-11-17-33-40(58)70-51(4,23-6-2)71-41(33)59/h7-21,56,62,64H,5-6,22-31H2,1-4H3/b11-8?,12-7+,15-9+,16-10+,19-13?,20-14+,33-17?,34-18?,37-21?. The van der Waals surface area contributed by atoms with Crippen LogP contribution in [0.5, 0.6) is 0 Å². The van der Waals surface area contributed by atoms with Crippen LogP contribution in [-0.2, 0) is 100.0 Å². The Balaban J connectivity index is 0.788. The molecule has 0 aromatic carbocycles. The summed E-state index contributed by atoms with van der Waals surface area (Å²) in [7, 11) is 0. The molecule has 1 atom stereocenters. The van der Waals surface area contributed by atoms with Crippen molar-refractivity contribution in [1.29, 1.82) is 0 Å². The third-order valence-corrected chi connectivity index (χ3v) is 13.3. The van der Waals surface area contributed by atoms with Crippen molar-refractivity contribution in [2.45, 2.75) is 139 Å². The topological polar surface area (TPSA) is 325 Å². The molecule has 24 nitrogen and oxygen atoms in total. The van der Waals surface area contributed by atoms with Gasteiger partial charge in [-0.1, -0.05) is 68.5 Å². The van der Waals surface area contributed by atoms with Crippen molar-refractivity contribution in [1.82, 2.24) is 0 Å². The fraction of sp³-hybridized carbons (Fsp3) is 0.400. The predicted octanol–water partition coefficient (Wildman–Crippen LogP) is 6.40. The van der Waals surface area contributed by atoms with Crippen molar-refractivity contribution in [2.24, 2.45) is 0 Å². The molecule has 2 aliphatic carbocycles. The van der Waals surface area contributed by atoms with Gasteiger partial charge in [0.25, 0.3) is 52.6 Å². The molecule has 2 saturated carbocycles. The number of cyclic esters (lactones) is 3. The summed E-state index contributed by atoms with van der Waals surface area (Å²) >= 11 is 0. The maximum absolute atomic E-state index is 13.1. The van der Waals surface area contributed by atoms with E-state index in [1.165, 1.54) is 86.8 Å². The second-order valence-corrected chi connectivity index (χ2v) is 19.4. The Hall–Kier alpha value is -9.09. The van der Waals surface area contributed by atoms with Gasteiger partial charge in [-0.3, -0.25) is 0 Å². The van der Waals surface area contributed by atoms with Gasteiger partial charge in [-0.25, -0.2) is 43.2 Å². The van der Waals surface area contributed by atoms with Crippen LogP contribution in [0.1, 0.15) is 105 Å². The Morgan fingerprint density at radius 1 is 0.329 bits per heavy atom. The van der Waals surface area contributed by atoms with Gasteiger partial charge in [0, 0.05) is 78.1 Å². The number of aliphatic hydroxyl groups is 3. The van der Waals surface area contributed by atoms with E-state index in [2.05, 4.69) is 0 Å². The van der Waals surface area contributed by atoms with Gasteiger partial charge < -0.3 is 72.2 Å². The molecule has 0 amide bonds. The largest absolute Gasteiger partial charge is 0.480 e. The number of aliphatic hydroxyl groups excluding tert-OH is 3. The Labute approximate surface area is 449 Å². The lowest BCUT2D eigenvalue weighted by atomic mass is 9.87. The molecule has 6 aliphatic heterocycles. The second-order valence-electron chi connectivity index (χ2n) is 19.4. The van der Waals surface area contributed by atoms with E-state index in [1.807, 2.05) is 13.8 Å². The first-order chi connectivity index (χ1) is 37.5. The highest BCUT2D eigenvalue weighted by Crippen LogP contribution is 2.48. The molecular weight excluding hydrogens is 1040 g/mol. The zero-order chi connectivity index (χ0) is 57.0. The van der Waals surface area contributed by atoms with Crippen LogP contribution < -0.4 is 0 Å². The normalized spacial score (nSPS) is 31.4. The molecule has 79 heavy (non-hydrogen) atoms. The highest BCUT2D eigenvalue weighted by atomic mass is 16.8. The Bertz CT molecular complexity index is 2950. The molecule has 0 aromatic rings. The maximum atomic E-state index is 13.1. The summed E-state index contributed by atoms with van der Waals surface area (Å²) in [6, 6.07) is 0. The van der Waals surface area contributed by atoms with Gasteiger partial charge in [0.15, 0.2) is 0 Å². The average molecular weight is 1100 g/mol. The highest BCUT2D eigenvalue weighted by Gasteiger charge is 2.58. The highest BCUT2D eigenvalue weighted by molar-refractivity contribution is 6.17. The fourth-order valence-electron chi connectivity index (χ4n) is 9.34. The summed E-state index contributed by atoms with van der Waals surface area (Å²) in [5.41, 5.74) is -2.23. The second kappa shape index (κ2) is 22.1. The monoisotopic (exact) mass is 1100 g/mol. The minimum Gasteiger partial charge on any atom is -0.480 e. The Morgan fingerprint density at radius 2 is 0.570 bits per heavy atom. The molecule has 0 radical (unpaired) electrons. The molecule has 0 aromatic heterocycles. The molecule has 24 heteroatoms. The van der Waals surface area contributed by atoms with Crippen molar-refractivity contribution in [3.8, 4) is 0 Å². The van der Waals surface area contributed by atoms with Crippen molar-refractivity contribution >= 4 is 53.7 Å². The fourth-order valence-corrected chi connectivity index (χ4v) is 9.34. The first-order valence-electron chi connectivity index (χ1n) is 25.1. The molecule has 6 heterocycles. The van der Waals surface area contributed by atoms with Crippen LogP contribution in [0.15, 0.2) is 142 Å².